The highest BCUT2D eigenvalue weighted by atomic mass is 35.5. The summed E-state index contributed by atoms with van der Waals surface area (Å²) in [4.78, 5) is 29.3. The van der Waals surface area contributed by atoms with Crippen LogP contribution in [0, 0.1) is 11.8 Å². The molecule has 1 atom stereocenters. The molecule has 29 heavy (non-hydrogen) atoms. The predicted octanol–water partition coefficient (Wildman–Crippen LogP) is 2.57. The van der Waals surface area contributed by atoms with E-state index in [4.69, 9.17) is 4.74 Å². The molecule has 162 valence electrons. The molecule has 1 aromatic carbocycles. The molecule has 0 radical (unpaired) electrons. The minimum absolute atomic E-state index is 0. The molecule has 2 aliphatic heterocycles. The fourth-order valence-corrected chi connectivity index (χ4v) is 4.29. The third-order valence-corrected chi connectivity index (χ3v) is 5.85. The van der Waals surface area contributed by atoms with E-state index in [1.807, 2.05) is 42.3 Å². The average molecular weight is 424 g/mol. The summed E-state index contributed by atoms with van der Waals surface area (Å²) < 4.78 is 5.62. The molecule has 2 heterocycles. The number of carbonyl (C=O) groups excluding carboxylic acids is 2. The van der Waals surface area contributed by atoms with Crippen molar-refractivity contribution in [2.45, 2.75) is 32.1 Å². The molecule has 0 bridgehead atoms. The second-order valence-electron chi connectivity index (χ2n) is 7.92. The van der Waals surface area contributed by atoms with Crippen LogP contribution in [0.1, 0.15) is 32.1 Å². The molecule has 1 unspecified atom stereocenters. The van der Waals surface area contributed by atoms with Gasteiger partial charge in [0.05, 0.1) is 13.0 Å². The van der Waals surface area contributed by atoms with E-state index in [0.29, 0.717) is 37.9 Å². The summed E-state index contributed by atoms with van der Waals surface area (Å²) in [6.07, 6.45) is 4.22. The molecule has 2 fully saturated rings. The molecule has 0 saturated carbocycles. The highest BCUT2D eigenvalue weighted by Crippen LogP contribution is 2.24. The van der Waals surface area contributed by atoms with E-state index in [1.54, 1.807) is 0 Å². The number of halogens is 1. The summed E-state index contributed by atoms with van der Waals surface area (Å²) in [5.41, 5.74) is 0. The van der Waals surface area contributed by atoms with Crippen LogP contribution in [0.3, 0.4) is 0 Å². The zero-order chi connectivity index (χ0) is 19.8. The van der Waals surface area contributed by atoms with Gasteiger partial charge < -0.3 is 19.9 Å². The number of hydrogen-bond donors (Lipinski definition) is 1. The number of rotatable bonds is 7. The Labute approximate surface area is 180 Å². The highest BCUT2D eigenvalue weighted by molar-refractivity contribution is 5.85. The minimum atomic E-state index is 0. The number of carbonyl (C=O) groups is 2. The normalized spacial score (nSPS) is 20.1. The van der Waals surface area contributed by atoms with Crippen molar-refractivity contribution >= 4 is 24.2 Å². The number of benzene rings is 1. The highest BCUT2D eigenvalue weighted by Gasteiger charge is 2.32. The summed E-state index contributed by atoms with van der Waals surface area (Å²) >= 11 is 0. The fourth-order valence-electron chi connectivity index (χ4n) is 4.29. The number of nitrogens with zero attached hydrogens (tertiary/aromatic N) is 2. The number of amides is 2. The van der Waals surface area contributed by atoms with Crippen LogP contribution in [0.2, 0.25) is 0 Å². The van der Waals surface area contributed by atoms with E-state index in [9.17, 15) is 9.59 Å². The third kappa shape index (κ3) is 6.89. The quantitative estimate of drug-likeness (QED) is 0.732. The fraction of sp³-hybridized carbons (Fsp3) is 0.636. The first-order valence-electron chi connectivity index (χ1n) is 10.6. The molecule has 1 aromatic rings. The van der Waals surface area contributed by atoms with E-state index >= 15 is 0 Å². The molecular formula is C22H34ClN3O3. The maximum atomic E-state index is 12.9. The Morgan fingerprint density at radius 3 is 2.48 bits per heavy atom. The van der Waals surface area contributed by atoms with Crippen molar-refractivity contribution in [2.75, 3.05) is 46.4 Å². The van der Waals surface area contributed by atoms with Gasteiger partial charge >= 0.3 is 0 Å². The van der Waals surface area contributed by atoms with Gasteiger partial charge in [0.2, 0.25) is 11.8 Å². The lowest BCUT2D eigenvalue weighted by Crippen LogP contribution is -2.48. The first-order chi connectivity index (χ1) is 13.7. The van der Waals surface area contributed by atoms with Crippen molar-refractivity contribution in [3.8, 4) is 5.75 Å². The van der Waals surface area contributed by atoms with Crippen LogP contribution in [0.5, 0.6) is 5.75 Å². The second kappa shape index (κ2) is 12.0. The van der Waals surface area contributed by atoms with Gasteiger partial charge in [-0.25, -0.2) is 0 Å². The zero-order valence-corrected chi connectivity index (χ0v) is 18.2. The van der Waals surface area contributed by atoms with Crippen molar-refractivity contribution < 1.29 is 14.3 Å². The van der Waals surface area contributed by atoms with E-state index in [1.165, 1.54) is 6.42 Å². The number of piperidine rings is 2. The molecule has 3 rings (SSSR count). The second-order valence-corrected chi connectivity index (χ2v) is 7.92. The standard InChI is InChI=1S/C22H33N3O3.ClH/c1-23-16-18-6-5-12-25(17-18)22(27)19-9-13-24(14-10-19)21(26)11-15-28-20-7-3-2-4-8-20;/h2-4,7-8,18-19,23H,5-6,9-17H2,1H3;1H. The van der Waals surface area contributed by atoms with Gasteiger partial charge in [0.15, 0.2) is 0 Å². The predicted molar refractivity (Wildman–Crippen MR) is 116 cm³/mol. The van der Waals surface area contributed by atoms with Crippen molar-refractivity contribution in [1.82, 2.24) is 15.1 Å². The van der Waals surface area contributed by atoms with Gasteiger partial charge in [-0.15, -0.1) is 12.4 Å². The van der Waals surface area contributed by atoms with Crippen LogP contribution in [-0.2, 0) is 9.59 Å². The Kier molecular flexibility index (Phi) is 9.74. The van der Waals surface area contributed by atoms with Crippen molar-refractivity contribution in [3.05, 3.63) is 30.3 Å². The van der Waals surface area contributed by atoms with Gasteiger partial charge in [0.25, 0.3) is 0 Å². The van der Waals surface area contributed by atoms with Gasteiger partial charge in [0.1, 0.15) is 5.75 Å². The van der Waals surface area contributed by atoms with Gasteiger partial charge in [0, 0.05) is 32.1 Å². The van der Waals surface area contributed by atoms with E-state index < -0.39 is 0 Å². The third-order valence-electron chi connectivity index (χ3n) is 5.85. The van der Waals surface area contributed by atoms with E-state index in [2.05, 4.69) is 10.2 Å². The molecule has 6 nitrogen and oxygen atoms in total. The molecule has 0 aromatic heterocycles. The van der Waals surface area contributed by atoms with Gasteiger partial charge in [-0.2, -0.15) is 0 Å². The van der Waals surface area contributed by atoms with Crippen LogP contribution in [0.15, 0.2) is 30.3 Å². The topological polar surface area (TPSA) is 61.9 Å². The largest absolute Gasteiger partial charge is 0.493 e. The first kappa shape index (κ1) is 23.5. The summed E-state index contributed by atoms with van der Waals surface area (Å²) in [6.45, 7) is 4.47. The molecule has 2 amide bonds. The van der Waals surface area contributed by atoms with Crippen LogP contribution in [0.4, 0.5) is 0 Å². The van der Waals surface area contributed by atoms with Crippen molar-refractivity contribution in [1.29, 1.82) is 0 Å². The van der Waals surface area contributed by atoms with Crippen molar-refractivity contribution in [2.24, 2.45) is 11.8 Å². The lowest BCUT2D eigenvalue weighted by atomic mass is 9.92. The van der Waals surface area contributed by atoms with Crippen molar-refractivity contribution in [3.63, 3.8) is 0 Å². The number of likely N-dealkylation sites (tertiary alicyclic amines) is 2. The Balaban J connectivity index is 0.00000300. The Hall–Kier alpha value is -1.79. The smallest absolute Gasteiger partial charge is 0.225 e. The number of nitrogens with one attached hydrogen (secondary N) is 1. The Bertz CT molecular complexity index is 633. The summed E-state index contributed by atoms with van der Waals surface area (Å²) in [5.74, 6) is 1.83. The lowest BCUT2D eigenvalue weighted by Gasteiger charge is -2.38. The lowest BCUT2D eigenvalue weighted by molar-refractivity contribution is -0.142. The SMILES string of the molecule is CNCC1CCCN(C(=O)C2CCN(C(=O)CCOc3ccccc3)CC2)C1.Cl. The molecule has 2 saturated heterocycles. The van der Waals surface area contributed by atoms with Gasteiger partial charge in [-0.3, -0.25) is 9.59 Å². The number of ether oxygens (including phenoxy) is 1. The molecule has 0 aliphatic carbocycles. The van der Waals surface area contributed by atoms with Crippen LogP contribution in [-0.4, -0.2) is 68.0 Å². The van der Waals surface area contributed by atoms with Crippen LogP contribution >= 0.6 is 12.4 Å². The van der Waals surface area contributed by atoms with Crippen LogP contribution < -0.4 is 10.1 Å². The molecular weight excluding hydrogens is 390 g/mol. The minimum Gasteiger partial charge on any atom is -0.493 e. The van der Waals surface area contributed by atoms with E-state index in [0.717, 1.165) is 44.6 Å². The van der Waals surface area contributed by atoms with Gasteiger partial charge in [-0.05, 0) is 57.3 Å². The Morgan fingerprint density at radius 2 is 1.79 bits per heavy atom. The monoisotopic (exact) mass is 423 g/mol. The van der Waals surface area contributed by atoms with Gasteiger partial charge in [-0.1, -0.05) is 18.2 Å². The summed E-state index contributed by atoms with van der Waals surface area (Å²) in [7, 11) is 1.97. The number of hydrogen-bond acceptors (Lipinski definition) is 4. The van der Waals surface area contributed by atoms with Crippen LogP contribution in [0.25, 0.3) is 0 Å². The summed E-state index contributed by atoms with van der Waals surface area (Å²) in [5, 5.41) is 3.23. The maximum Gasteiger partial charge on any atom is 0.225 e. The average Bonchev–Trinajstić information content (AvgIpc) is 2.74. The molecule has 0 spiro atoms. The molecule has 7 heteroatoms. The Morgan fingerprint density at radius 1 is 1.07 bits per heavy atom. The molecule has 2 aliphatic rings. The van der Waals surface area contributed by atoms with E-state index in [-0.39, 0.29) is 24.2 Å². The first-order valence-corrected chi connectivity index (χ1v) is 10.6. The number of para-hydroxylation sites is 1. The molecule has 1 N–H and O–H groups in total. The summed E-state index contributed by atoms with van der Waals surface area (Å²) in [6, 6.07) is 9.56. The zero-order valence-electron chi connectivity index (χ0n) is 17.3. The maximum absolute atomic E-state index is 12.9.